The molecule has 1 heteroatoms. The lowest BCUT2D eigenvalue weighted by Gasteiger charge is -2.17. The molecule has 1 rings (SSSR count). The van der Waals surface area contributed by atoms with Crippen molar-refractivity contribution in [2.24, 2.45) is 5.92 Å². The van der Waals surface area contributed by atoms with Crippen molar-refractivity contribution in [2.45, 2.75) is 57.2 Å². The van der Waals surface area contributed by atoms with Crippen LogP contribution < -0.4 is 0 Å². The lowest BCUT2D eigenvalue weighted by atomic mass is 9.95. The second-order valence-electron chi connectivity index (χ2n) is 3.70. The van der Waals surface area contributed by atoms with Crippen molar-refractivity contribution in [3.05, 3.63) is 0 Å². The molecule has 0 radical (unpaired) electrons. The van der Waals surface area contributed by atoms with Gasteiger partial charge in [-0.3, -0.25) is 0 Å². The molecule has 1 fully saturated rings. The maximum atomic E-state index is 6.27. The lowest BCUT2D eigenvalue weighted by molar-refractivity contribution is 0.430. The summed E-state index contributed by atoms with van der Waals surface area (Å²) in [6.07, 6.45) is 9.45. The number of hydrogen-bond acceptors (Lipinski definition) is 0. The Morgan fingerprint density at radius 2 is 1.91 bits per heavy atom. The average Bonchev–Trinajstić information content (AvgIpc) is 2.18. The first-order valence-corrected chi connectivity index (χ1v) is 5.42. The van der Waals surface area contributed by atoms with Gasteiger partial charge < -0.3 is 0 Å². The molecule has 1 aliphatic carbocycles. The van der Waals surface area contributed by atoms with Crippen molar-refractivity contribution in [3.63, 3.8) is 0 Å². The highest BCUT2D eigenvalue weighted by Crippen LogP contribution is 2.30. The number of rotatable bonds is 2. The summed E-state index contributed by atoms with van der Waals surface area (Å²) in [6, 6.07) is 0. The quantitative estimate of drug-likeness (QED) is 0.439. The maximum Gasteiger partial charge on any atom is 0.0364 e. The Kier molecular flexibility index (Phi) is 4.29. The minimum atomic E-state index is 0.484. The summed E-state index contributed by atoms with van der Waals surface area (Å²) in [5.74, 6) is 0.823. The smallest absolute Gasteiger partial charge is 0.0364 e. The second-order valence-corrected chi connectivity index (χ2v) is 4.26. The Labute approximate surface area is 75.3 Å². The Hall–Kier alpha value is 0.290. The third-order valence-electron chi connectivity index (χ3n) is 2.73. The molecule has 1 aliphatic rings. The van der Waals surface area contributed by atoms with E-state index in [1.807, 2.05) is 0 Å². The van der Waals surface area contributed by atoms with Gasteiger partial charge in [0.2, 0.25) is 0 Å². The van der Waals surface area contributed by atoms with Crippen LogP contribution in [-0.4, -0.2) is 5.38 Å². The minimum Gasteiger partial charge on any atom is -0.123 e. The molecule has 2 atom stereocenters. The summed E-state index contributed by atoms with van der Waals surface area (Å²) in [5, 5.41) is 0.484. The lowest BCUT2D eigenvalue weighted by Crippen LogP contribution is -2.12. The second kappa shape index (κ2) is 5.03. The fraction of sp³-hybridized carbons (Fsp3) is 1.00. The fourth-order valence-electron chi connectivity index (χ4n) is 2.04. The third kappa shape index (κ3) is 3.02. The van der Waals surface area contributed by atoms with E-state index in [0.29, 0.717) is 5.38 Å². The Balaban J connectivity index is 2.32. The van der Waals surface area contributed by atoms with Crippen molar-refractivity contribution in [1.82, 2.24) is 0 Å². The first-order valence-electron chi connectivity index (χ1n) is 4.98. The standard InChI is InChI=1S/C10H19Cl/c1-2-6-9-7-4-3-5-8-10(9)11/h9-10H,2-8H2,1H3. The molecule has 0 nitrogen and oxygen atoms in total. The molecule has 0 spiro atoms. The molecule has 0 aliphatic heterocycles. The Morgan fingerprint density at radius 3 is 2.64 bits per heavy atom. The zero-order valence-corrected chi connectivity index (χ0v) is 8.24. The van der Waals surface area contributed by atoms with E-state index in [9.17, 15) is 0 Å². The van der Waals surface area contributed by atoms with E-state index in [2.05, 4.69) is 6.92 Å². The van der Waals surface area contributed by atoms with E-state index in [1.165, 1.54) is 44.9 Å². The molecule has 0 bridgehead atoms. The molecule has 1 saturated carbocycles. The van der Waals surface area contributed by atoms with Crippen LogP contribution >= 0.6 is 11.6 Å². The van der Waals surface area contributed by atoms with Crippen molar-refractivity contribution >= 4 is 11.6 Å². The van der Waals surface area contributed by atoms with Crippen LogP contribution in [0, 0.1) is 5.92 Å². The van der Waals surface area contributed by atoms with Crippen LogP contribution in [0.15, 0.2) is 0 Å². The van der Waals surface area contributed by atoms with E-state index < -0.39 is 0 Å². The highest BCUT2D eigenvalue weighted by Gasteiger charge is 2.20. The van der Waals surface area contributed by atoms with E-state index in [1.54, 1.807) is 0 Å². The SMILES string of the molecule is CCCC1CCCCCC1Cl. The van der Waals surface area contributed by atoms with Crippen LogP contribution in [0.5, 0.6) is 0 Å². The molecular weight excluding hydrogens is 156 g/mol. The van der Waals surface area contributed by atoms with Crippen LogP contribution in [0.3, 0.4) is 0 Å². The predicted molar refractivity (Wildman–Crippen MR) is 51.1 cm³/mol. The van der Waals surface area contributed by atoms with Gasteiger partial charge >= 0.3 is 0 Å². The summed E-state index contributed by atoms with van der Waals surface area (Å²) >= 11 is 6.27. The van der Waals surface area contributed by atoms with Gasteiger partial charge in [-0.05, 0) is 25.2 Å². The van der Waals surface area contributed by atoms with Gasteiger partial charge in [-0.2, -0.15) is 0 Å². The minimum absolute atomic E-state index is 0.484. The average molecular weight is 175 g/mol. The van der Waals surface area contributed by atoms with Crippen LogP contribution in [0.1, 0.15) is 51.9 Å². The van der Waals surface area contributed by atoms with Crippen molar-refractivity contribution in [3.8, 4) is 0 Å². The zero-order chi connectivity index (χ0) is 8.10. The summed E-state index contributed by atoms with van der Waals surface area (Å²) in [5.41, 5.74) is 0. The largest absolute Gasteiger partial charge is 0.123 e. The van der Waals surface area contributed by atoms with Crippen LogP contribution in [0.2, 0.25) is 0 Å². The van der Waals surface area contributed by atoms with Gasteiger partial charge in [0.15, 0.2) is 0 Å². The van der Waals surface area contributed by atoms with Gasteiger partial charge in [0, 0.05) is 5.38 Å². The van der Waals surface area contributed by atoms with Gasteiger partial charge in [-0.15, -0.1) is 11.6 Å². The molecule has 0 amide bonds. The summed E-state index contributed by atoms with van der Waals surface area (Å²) in [4.78, 5) is 0. The van der Waals surface area contributed by atoms with Crippen molar-refractivity contribution in [1.29, 1.82) is 0 Å². The first kappa shape index (κ1) is 9.38. The fourth-order valence-corrected chi connectivity index (χ4v) is 2.44. The maximum absolute atomic E-state index is 6.27. The number of alkyl halides is 1. The van der Waals surface area contributed by atoms with Gasteiger partial charge in [-0.25, -0.2) is 0 Å². The first-order chi connectivity index (χ1) is 5.34. The molecular formula is C10H19Cl. The normalized spacial score (nSPS) is 33.3. The molecule has 66 valence electrons. The summed E-state index contributed by atoms with van der Waals surface area (Å²) in [7, 11) is 0. The van der Waals surface area contributed by atoms with Gasteiger partial charge in [0.1, 0.15) is 0 Å². The number of hydrogen-bond donors (Lipinski definition) is 0. The highest BCUT2D eigenvalue weighted by molar-refractivity contribution is 6.20. The van der Waals surface area contributed by atoms with E-state index >= 15 is 0 Å². The third-order valence-corrected chi connectivity index (χ3v) is 3.30. The van der Waals surface area contributed by atoms with E-state index in [-0.39, 0.29) is 0 Å². The van der Waals surface area contributed by atoms with E-state index in [0.717, 1.165) is 5.92 Å². The Morgan fingerprint density at radius 1 is 1.18 bits per heavy atom. The summed E-state index contributed by atoms with van der Waals surface area (Å²) < 4.78 is 0. The van der Waals surface area contributed by atoms with Crippen LogP contribution in [-0.2, 0) is 0 Å². The van der Waals surface area contributed by atoms with Crippen molar-refractivity contribution in [2.75, 3.05) is 0 Å². The van der Waals surface area contributed by atoms with Crippen LogP contribution in [0.25, 0.3) is 0 Å². The molecule has 11 heavy (non-hydrogen) atoms. The number of halogens is 1. The van der Waals surface area contributed by atoms with Gasteiger partial charge in [0.25, 0.3) is 0 Å². The highest BCUT2D eigenvalue weighted by atomic mass is 35.5. The molecule has 2 unspecified atom stereocenters. The molecule has 0 aromatic heterocycles. The molecule has 0 saturated heterocycles. The van der Waals surface area contributed by atoms with Gasteiger partial charge in [0.05, 0.1) is 0 Å². The molecule has 0 aromatic rings. The van der Waals surface area contributed by atoms with E-state index in [4.69, 9.17) is 11.6 Å². The van der Waals surface area contributed by atoms with Crippen molar-refractivity contribution < 1.29 is 0 Å². The van der Waals surface area contributed by atoms with Crippen LogP contribution in [0.4, 0.5) is 0 Å². The topological polar surface area (TPSA) is 0 Å². The van der Waals surface area contributed by atoms with Gasteiger partial charge in [-0.1, -0.05) is 32.6 Å². The Bertz CT molecular complexity index is 101. The molecule has 0 heterocycles. The summed E-state index contributed by atoms with van der Waals surface area (Å²) in [6.45, 7) is 2.26. The zero-order valence-electron chi connectivity index (χ0n) is 7.48. The molecule has 0 N–H and O–H groups in total. The molecule has 0 aromatic carbocycles. The monoisotopic (exact) mass is 174 g/mol. The predicted octanol–water partition coefficient (Wildman–Crippen LogP) is 3.97.